The van der Waals surface area contributed by atoms with Gasteiger partial charge in [0.05, 0.1) is 23.7 Å². The maximum atomic E-state index is 12.6. The van der Waals surface area contributed by atoms with Crippen LogP contribution in [0.15, 0.2) is 48.5 Å². The third kappa shape index (κ3) is 4.66. The predicted octanol–water partition coefficient (Wildman–Crippen LogP) is 3.10. The lowest BCUT2D eigenvalue weighted by atomic mass is 9.96. The molecule has 0 aliphatic carbocycles. The highest BCUT2D eigenvalue weighted by Crippen LogP contribution is 2.43. The van der Waals surface area contributed by atoms with Gasteiger partial charge in [0, 0.05) is 12.1 Å². The first kappa shape index (κ1) is 22.7. The number of aryl methyl sites for hydroxylation is 1. The number of hydrogen-bond donors (Lipinski definition) is 2. The second kappa shape index (κ2) is 8.83. The number of carbonyl (C=O) groups excluding carboxylic acids is 2. The summed E-state index contributed by atoms with van der Waals surface area (Å²) in [4.78, 5) is 25.2. The van der Waals surface area contributed by atoms with Gasteiger partial charge in [0.2, 0.25) is 0 Å². The van der Waals surface area contributed by atoms with Gasteiger partial charge in [-0.3, -0.25) is 9.59 Å². The fraction of sp³-hybridized carbons (Fsp3) is 0.417. The Morgan fingerprint density at radius 2 is 1.78 bits per heavy atom. The number of nitrogens with one attached hydrogen (secondary N) is 2. The van der Waals surface area contributed by atoms with Crippen LogP contribution >= 0.6 is 11.6 Å². The number of benzene rings is 2. The van der Waals surface area contributed by atoms with E-state index in [0.29, 0.717) is 16.1 Å². The minimum atomic E-state index is -0.844. The molecule has 2 aliphatic rings. The molecule has 4 rings (SSSR count). The molecule has 0 radical (unpaired) electrons. The number of carbonyl (C=O) groups is 2. The van der Waals surface area contributed by atoms with Gasteiger partial charge in [-0.25, -0.2) is 0 Å². The molecule has 7 nitrogen and oxygen atoms in total. The first-order valence-electron chi connectivity index (χ1n) is 10.6. The Bertz CT molecular complexity index is 1010. The minimum absolute atomic E-state index is 0.193. The van der Waals surface area contributed by atoms with E-state index in [0.717, 1.165) is 5.56 Å². The van der Waals surface area contributed by atoms with E-state index in [1.165, 1.54) is 0 Å². The smallest absolute Gasteiger partial charge is 0.252 e. The van der Waals surface area contributed by atoms with Crippen molar-refractivity contribution in [1.29, 1.82) is 0 Å². The van der Waals surface area contributed by atoms with Crippen LogP contribution in [0.2, 0.25) is 5.02 Å². The molecule has 2 fully saturated rings. The van der Waals surface area contributed by atoms with Crippen molar-refractivity contribution in [3.8, 4) is 0 Å². The molecule has 2 heterocycles. The lowest BCUT2D eigenvalue weighted by Crippen LogP contribution is -2.52. The van der Waals surface area contributed by atoms with Crippen LogP contribution in [-0.2, 0) is 14.2 Å². The average Bonchev–Trinajstić information content (AvgIpc) is 3.21. The van der Waals surface area contributed by atoms with Crippen LogP contribution in [0.1, 0.15) is 40.1 Å². The van der Waals surface area contributed by atoms with Gasteiger partial charge in [0.25, 0.3) is 11.8 Å². The minimum Gasteiger partial charge on any atom is -0.370 e. The van der Waals surface area contributed by atoms with E-state index in [4.69, 9.17) is 25.8 Å². The van der Waals surface area contributed by atoms with Gasteiger partial charge in [-0.15, -0.1) is 0 Å². The molecule has 2 aliphatic heterocycles. The molecule has 0 bridgehead atoms. The summed E-state index contributed by atoms with van der Waals surface area (Å²) >= 11 is 6.12. The first-order chi connectivity index (χ1) is 15.2. The average molecular weight is 459 g/mol. The highest BCUT2D eigenvalue weighted by molar-refractivity contribution is 6.33. The van der Waals surface area contributed by atoms with Crippen LogP contribution in [0.5, 0.6) is 0 Å². The van der Waals surface area contributed by atoms with E-state index in [9.17, 15) is 9.59 Å². The summed E-state index contributed by atoms with van der Waals surface area (Å²) in [5.41, 5.74) is 1.21. The van der Waals surface area contributed by atoms with E-state index in [2.05, 4.69) is 10.6 Å². The van der Waals surface area contributed by atoms with Gasteiger partial charge in [-0.2, -0.15) is 0 Å². The quantitative estimate of drug-likeness (QED) is 0.694. The summed E-state index contributed by atoms with van der Waals surface area (Å²) < 4.78 is 18.3. The van der Waals surface area contributed by atoms with Crippen molar-refractivity contribution < 1.29 is 23.8 Å². The van der Waals surface area contributed by atoms with Gasteiger partial charge in [-0.1, -0.05) is 41.4 Å². The monoisotopic (exact) mass is 458 g/mol. The normalized spacial score (nSPS) is 25.9. The third-order valence-corrected chi connectivity index (χ3v) is 6.03. The van der Waals surface area contributed by atoms with Gasteiger partial charge in [-0.05, 0) is 45.0 Å². The summed E-state index contributed by atoms with van der Waals surface area (Å²) in [6.07, 6.45) is -0.887. The van der Waals surface area contributed by atoms with Gasteiger partial charge >= 0.3 is 0 Å². The van der Waals surface area contributed by atoms with Crippen molar-refractivity contribution in [3.63, 3.8) is 0 Å². The van der Waals surface area contributed by atoms with Crippen molar-refractivity contribution in [3.05, 3.63) is 70.2 Å². The Balaban J connectivity index is 1.42. The second-order valence-corrected chi connectivity index (χ2v) is 9.10. The van der Waals surface area contributed by atoms with Gasteiger partial charge in [0.15, 0.2) is 5.79 Å². The molecule has 0 aromatic heterocycles. The summed E-state index contributed by atoms with van der Waals surface area (Å²) in [6, 6.07) is 14.2. The standard InChI is InChI=1S/C24H27ClN2O5/c1-15-8-10-16(11-9-15)21(28)27-13-24-14-30-19(20(24)31-23(2,3)32-24)12-26-22(29)17-6-4-5-7-18(17)25/h4-11,19-20H,12-14H2,1-3H3,(H,26,29)(H,27,28)/t19-,20-,24+/m1/s1. The third-order valence-electron chi connectivity index (χ3n) is 5.70. The predicted molar refractivity (Wildman–Crippen MR) is 120 cm³/mol. The summed E-state index contributed by atoms with van der Waals surface area (Å²) in [7, 11) is 0. The van der Waals surface area contributed by atoms with Crippen LogP contribution in [0, 0.1) is 6.92 Å². The van der Waals surface area contributed by atoms with E-state index in [1.807, 2.05) is 32.9 Å². The molecule has 2 N–H and O–H groups in total. The Kier molecular flexibility index (Phi) is 6.27. The second-order valence-electron chi connectivity index (χ2n) is 8.69. The molecular weight excluding hydrogens is 432 g/mol. The van der Waals surface area contributed by atoms with Gasteiger partial charge < -0.3 is 24.8 Å². The number of ether oxygens (including phenoxy) is 3. The molecule has 2 aromatic rings. The molecule has 3 atom stereocenters. The van der Waals surface area contributed by atoms with E-state index in [-0.39, 0.29) is 31.5 Å². The van der Waals surface area contributed by atoms with Crippen LogP contribution in [0.25, 0.3) is 0 Å². The molecule has 0 saturated carbocycles. The van der Waals surface area contributed by atoms with Crippen molar-refractivity contribution in [2.45, 2.75) is 44.4 Å². The topological polar surface area (TPSA) is 85.9 Å². The van der Waals surface area contributed by atoms with Crippen molar-refractivity contribution in [1.82, 2.24) is 10.6 Å². The van der Waals surface area contributed by atoms with Crippen molar-refractivity contribution in [2.75, 3.05) is 19.7 Å². The molecular formula is C24H27ClN2O5. The number of hydrogen-bond acceptors (Lipinski definition) is 5. The zero-order valence-electron chi connectivity index (χ0n) is 18.3. The molecule has 170 valence electrons. The molecule has 8 heteroatoms. The lowest BCUT2D eigenvalue weighted by Gasteiger charge is -2.27. The van der Waals surface area contributed by atoms with E-state index in [1.54, 1.807) is 36.4 Å². The fourth-order valence-electron chi connectivity index (χ4n) is 4.17. The van der Waals surface area contributed by atoms with E-state index >= 15 is 0 Å². The number of halogens is 1. The van der Waals surface area contributed by atoms with Crippen LogP contribution in [0.3, 0.4) is 0 Å². The Labute approximate surface area is 192 Å². The Morgan fingerprint density at radius 3 is 2.50 bits per heavy atom. The first-order valence-corrected chi connectivity index (χ1v) is 10.9. The maximum absolute atomic E-state index is 12.6. The SMILES string of the molecule is Cc1ccc(C(=O)NC[C@]23CO[C@H](CNC(=O)c4ccccc4Cl)[C@H]2OC(C)(C)O3)cc1. The van der Waals surface area contributed by atoms with Crippen molar-refractivity contribution in [2.24, 2.45) is 0 Å². The number of rotatable bonds is 6. The van der Waals surface area contributed by atoms with Crippen LogP contribution in [0.4, 0.5) is 0 Å². The molecule has 2 saturated heterocycles. The maximum Gasteiger partial charge on any atom is 0.252 e. The lowest BCUT2D eigenvalue weighted by molar-refractivity contribution is -0.188. The molecule has 0 unspecified atom stereocenters. The van der Waals surface area contributed by atoms with Crippen LogP contribution in [-0.4, -0.2) is 55.1 Å². The number of amides is 2. The summed E-state index contributed by atoms with van der Waals surface area (Å²) in [5.74, 6) is -1.32. The highest BCUT2D eigenvalue weighted by Gasteiger charge is 2.61. The fourth-order valence-corrected chi connectivity index (χ4v) is 4.39. The summed E-state index contributed by atoms with van der Waals surface area (Å²) in [5, 5.41) is 6.20. The molecule has 2 amide bonds. The molecule has 32 heavy (non-hydrogen) atoms. The van der Waals surface area contributed by atoms with E-state index < -0.39 is 23.6 Å². The van der Waals surface area contributed by atoms with Crippen molar-refractivity contribution >= 4 is 23.4 Å². The largest absolute Gasteiger partial charge is 0.370 e. The Morgan fingerprint density at radius 1 is 1.06 bits per heavy atom. The zero-order chi connectivity index (χ0) is 22.9. The van der Waals surface area contributed by atoms with Crippen LogP contribution < -0.4 is 10.6 Å². The Hall–Kier alpha value is -2.45. The zero-order valence-corrected chi connectivity index (χ0v) is 19.1. The highest BCUT2D eigenvalue weighted by atomic mass is 35.5. The molecule has 2 aromatic carbocycles. The molecule has 0 spiro atoms. The summed E-state index contributed by atoms with van der Waals surface area (Å²) in [6.45, 7) is 6.31. The van der Waals surface area contributed by atoms with Gasteiger partial charge in [0.1, 0.15) is 17.8 Å². The number of fused-ring (bicyclic) bond motifs is 1.